The van der Waals surface area contributed by atoms with Crippen molar-refractivity contribution in [3.63, 3.8) is 0 Å². The van der Waals surface area contributed by atoms with E-state index < -0.39 is 41.3 Å². The Hall–Kier alpha value is -5.09. The van der Waals surface area contributed by atoms with E-state index in [2.05, 4.69) is 26.6 Å². The Morgan fingerprint density at radius 1 is 0.887 bits per heavy atom. The molecule has 0 unspecified atom stereocenters. The van der Waals surface area contributed by atoms with Crippen LogP contribution in [-0.4, -0.2) is 91.0 Å². The molecule has 53 heavy (non-hydrogen) atoms. The van der Waals surface area contributed by atoms with Crippen LogP contribution in [-0.2, 0) is 35.3 Å². The van der Waals surface area contributed by atoms with Crippen LogP contribution < -0.4 is 32.3 Å². The fourth-order valence-electron chi connectivity index (χ4n) is 6.19. The monoisotopic (exact) mass is 750 g/mol. The van der Waals surface area contributed by atoms with Gasteiger partial charge in [0, 0.05) is 44.0 Å². The van der Waals surface area contributed by atoms with E-state index in [9.17, 15) is 33.6 Å². The fourth-order valence-corrected chi connectivity index (χ4v) is 6.90. The maximum absolute atomic E-state index is 13.9. The van der Waals surface area contributed by atoms with Gasteiger partial charge in [-0.3, -0.25) is 33.7 Å². The first-order valence-electron chi connectivity index (χ1n) is 17.9. The van der Waals surface area contributed by atoms with Gasteiger partial charge in [0.2, 0.25) is 23.6 Å². The standard InChI is InChI=1S/C37H50N8O7S/c1-44(2)23-25-9-11-27(12-10-25)41-33(49)28(8-6-19-40-36(38)52)42-34(50)37(16-7-17-37)35(51)43-29(26-15-21-53-24-26)22-30(46)39-18-4-3-5-20-45-31(47)13-14-32(45)48/h9-15,21,24,28-29H,3-8,16-20,22-23H2,1-2H3,(H,39,46)(H,41,49)(H,42,50)(H,43,51)(H3,38,40,52)/t28-,29+/m0/s1. The lowest BCUT2D eigenvalue weighted by Gasteiger charge is -2.40. The van der Waals surface area contributed by atoms with Gasteiger partial charge in [-0.25, -0.2) is 4.79 Å². The van der Waals surface area contributed by atoms with E-state index in [1.807, 2.05) is 48.0 Å². The molecule has 286 valence electrons. The Morgan fingerprint density at radius 3 is 2.17 bits per heavy atom. The third-order valence-electron chi connectivity index (χ3n) is 9.31. The molecule has 8 amide bonds. The molecule has 16 heteroatoms. The topological polar surface area (TPSA) is 212 Å². The predicted molar refractivity (Wildman–Crippen MR) is 200 cm³/mol. The number of hydrogen-bond acceptors (Lipinski definition) is 9. The number of nitrogens with zero attached hydrogens (tertiary/aromatic N) is 2. The summed E-state index contributed by atoms with van der Waals surface area (Å²) in [5.74, 6) is -2.47. The SMILES string of the molecule is CN(C)Cc1ccc(NC(=O)[C@H](CCCNC(N)=O)NC(=O)C2(C(=O)N[C@H](CC(=O)NCCCCCN3C(=O)C=CC3=O)c3ccsc3)CCC2)cc1. The predicted octanol–water partition coefficient (Wildman–Crippen LogP) is 2.31. The van der Waals surface area contributed by atoms with Crippen molar-refractivity contribution in [2.24, 2.45) is 11.1 Å². The molecule has 0 saturated heterocycles. The molecule has 1 aromatic heterocycles. The molecular weight excluding hydrogens is 701 g/mol. The van der Waals surface area contributed by atoms with Gasteiger partial charge in [-0.15, -0.1) is 0 Å². The second kappa shape index (κ2) is 19.7. The van der Waals surface area contributed by atoms with E-state index in [1.54, 1.807) is 12.1 Å². The van der Waals surface area contributed by atoms with Crippen LogP contribution >= 0.6 is 11.3 Å². The van der Waals surface area contributed by atoms with Crippen LogP contribution in [0, 0.1) is 5.41 Å². The van der Waals surface area contributed by atoms with E-state index in [0.717, 1.165) is 17.7 Å². The number of amides is 8. The van der Waals surface area contributed by atoms with Crippen molar-refractivity contribution in [1.82, 2.24) is 31.1 Å². The molecule has 0 bridgehead atoms. The van der Waals surface area contributed by atoms with Crippen molar-refractivity contribution in [3.05, 3.63) is 64.4 Å². The Labute approximate surface area is 313 Å². The van der Waals surface area contributed by atoms with Crippen molar-refractivity contribution < 1.29 is 33.6 Å². The number of anilines is 1. The first kappa shape index (κ1) is 40.7. The summed E-state index contributed by atoms with van der Waals surface area (Å²) in [5, 5.41) is 17.7. The van der Waals surface area contributed by atoms with Gasteiger partial charge < -0.3 is 37.2 Å². The highest BCUT2D eigenvalue weighted by molar-refractivity contribution is 7.08. The first-order chi connectivity index (χ1) is 25.4. The van der Waals surface area contributed by atoms with Crippen LogP contribution in [0.25, 0.3) is 0 Å². The molecule has 1 aliphatic carbocycles. The number of imide groups is 1. The summed E-state index contributed by atoms with van der Waals surface area (Å²) < 4.78 is 0. The van der Waals surface area contributed by atoms with Crippen molar-refractivity contribution in [2.45, 2.75) is 76.4 Å². The Bertz CT molecular complexity index is 1620. The van der Waals surface area contributed by atoms with E-state index in [4.69, 9.17) is 5.73 Å². The number of hydrogen-bond donors (Lipinski definition) is 6. The molecule has 4 rings (SSSR count). The number of thiophene rings is 1. The molecule has 7 N–H and O–H groups in total. The quantitative estimate of drug-likeness (QED) is 0.0632. The largest absolute Gasteiger partial charge is 0.356 e. The number of rotatable bonds is 21. The van der Waals surface area contributed by atoms with Gasteiger partial charge in [0.05, 0.1) is 12.5 Å². The van der Waals surface area contributed by atoms with E-state index in [1.165, 1.54) is 28.4 Å². The zero-order valence-corrected chi connectivity index (χ0v) is 31.1. The van der Waals surface area contributed by atoms with E-state index in [-0.39, 0.29) is 49.9 Å². The summed E-state index contributed by atoms with van der Waals surface area (Å²) in [5.41, 5.74) is 6.12. The Kier molecular flexibility index (Phi) is 15.1. The van der Waals surface area contributed by atoms with Gasteiger partial charge in [-0.1, -0.05) is 18.6 Å². The minimum atomic E-state index is -1.42. The third-order valence-corrected chi connectivity index (χ3v) is 10.0. The third kappa shape index (κ3) is 12.0. The molecule has 2 aliphatic rings. The summed E-state index contributed by atoms with van der Waals surface area (Å²) in [4.78, 5) is 92.2. The smallest absolute Gasteiger partial charge is 0.312 e. The van der Waals surface area contributed by atoms with Gasteiger partial charge in [-0.2, -0.15) is 11.3 Å². The molecule has 2 aromatic rings. The summed E-state index contributed by atoms with van der Waals surface area (Å²) in [6.07, 6.45) is 6.13. The highest BCUT2D eigenvalue weighted by Gasteiger charge is 2.52. The molecule has 2 heterocycles. The number of urea groups is 1. The fraction of sp³-hybridized carbons (Fsp3) is 0.486. The maximum atomic E-state index is 13.9. The van der Waals surface area contributed by atoms with E-state index in [0.29, 0.717) is 50.9 Å². The number of unbranched alkanes of at least 4 members (excludes halogenated alkanes) is 2. The summed E-state index contributed by atoms with van der Waals surface area (Å²) in [6.45, 7) is 1.63. The van der Waals surface area contributed by atoms with Crippen LogP contribution in [0.2, 0.25) is 0 Å². The van der Waals surface area contributed by atoms with Crippen LogP contribution in [0.5, 0.6) is 0 Å². The van der Waals surface area contributed by atoms with Crippen LogP contribution in [0.1, 0.15) is 75.0 Å². The second-order valence-corrected chi connectivity index (χ2v) is 14.5. The maximum Gasteiger partial charge on any atom is 0.312 e. The molecule has 1 fully saturated rings. The number of nitrogens with one attached hydrogen (secondary N) is 5. The van der Waals surface area contributed by atoms with Crippen LogP contribution in [0.3, 0.4) is 0 Å². The number of carbonyl (C=O) groups excluding carboxylic acids is 7. The lowest BCUT2D eigenvalue weighted by molar-refractivity contribution is -0.151. The lowest BCUT2D eigenvalue weighted by Crippen LogP contribution is -2.59. The highest BCUT2D eigenvalue weighted by atomic mass is 32.1. The highest BCUT2D eigenvalue weighted by Crippen LogP contribution is 2.42. The number of benzene rings is 1. The molecule has 1 aromatic carbocycles. The zero-order chi connectivity index (χ0) is 38.4. The van der Waals surface area contributed by atoms with Crippen LogP contribution in [0.15, 0.2) is 53.2 Å². The molecular formula is C37H50N8O7S. The van der Waals surface area contributed by atoms with E-state index >= 15 is 0 Å². The molecule has 0 radical (unpaired) electrons. The van der Waals surface area contributed by atoms with Crippen molar-refractivity contribution in [2.75, 3.05) is 39.0 Å². The van der Waals surface area contributed by atoms with Gasteiger partial charge in [0.1, 0.15) is 11.5 Å². The van der Waals surface area contributed by atoms with Crippen molar-refractivity contribution in [1.29, 1.82) is 0 Å². The Morgan fingerprint density at radius 2 is 1.57 bits per heavy atom. The average Bonchev–Trinajstić information content (AvgIpc) is 3.73. The average molecular weight is 751 g/mol. The van der Waals surface area contributed by atoms with Crippen molar-refractivity contribution >= 4 is 58.5 Å². The molecule has 1 saturated carbocycles. The molecule has 0 spiro atoms. The van der Waals surface area contributed by atoms with Crippen LogP contribution in [0.4, 0.5) is 10.5 Å². The molecule has 1 aliphatic heterocycles. The second-order valence-electron chi connectivity index (χ2n) is 13.7. The van der Waals surface area contributed by atoms with Crippen molar-refractivity contribution in [3.8, 4) is 0 Å². The normalized spacial score (nSPS) is 15.7. The first-order valence-corrected chi connectivity index (χ1v) is 18.8. The lowest BCUT2D eigenvalue weighted by atomic mass is 9.67. The Balaban J connectivity index is 1.35. The zero-order valence-electron chi connectivity index (χ0n) is 30.3. The summed E-state index contributed by atoms with van der Waals surface area (Å²) in [7, 11) is 3.92. The van der Waals surface area contributed by atoms with Gasteiger partial charge in [0.15, 0.2) is 0 Å². The number of primary amides is 1. The minimum absolute atomic E-state index is 0.0478. The minimum Gasteiger partial charge on any atom is -0.356 e. The summed E-state index contributed by atoms with van der Waals surface area (Å²) >= 11 is 1.42. The summed E-state index contributed by atoms with van der Waals surface area (Å²) in [6, 6.07) is 6.80. The van der Waals surface area contributed by atoms with Gasteiger partial charge in [0.25, 0.3) is 11.8 Å². The number of nitrogens with two attached hydrogens (primary N) is 1. The molecule has 15 nitrogen and oxygen atoms in total. The number of carbonyl (C=O) groups is 7. The van der Waals surface area contributed by atoms with Gasteiger partial charge in [-0.05, 0) is 99.1 Å². The molecule has 2 atom stereocenters. The van der Waals surface area contributed by atoms with Gasteiger partial charge >= 0.3 is 6.03 Å².